The Morgan fingerprint density at radius 1 is 0.917 bits per heavy atom. The third-order valence-electron chi connectivity index (χ3n) is 6.03. The van der Waals surface area contributed by atoms with Crippen molar-refractivity contribution in [2.75, 3.05) is 22.2 Å². The first-order chi connectivity index (χ1) is 17.2. The lowest BCUT2D eigenvalue weighted by Gasteiger charge is -2.24. The predicted octanol–water partition coefficient (Wildman–Crippen LogP) is 6.48. The summed E-state index contributed by atoms with van der Waals surface area (Å²) in [5.74, 6) is 0.510. The van der Waals surface area contributed by atoms with Crippen LogP contribution in [0.4, 0.5) is 42.0 Å². The van der Waals surface area contributed by atoms with E-state index in [0.717, 1.165) is 23.3 Å². The summed E-state index contributed by atoms with van der Waals surface area (Å²) in [6.45, 7) is 2.32. The normalized spacial score (nSPS) is 13.2. The molecular weight excluding hydrogens is 467 g/mol. The van der Waals surface area contributed by atoms with E-state index >= 15 is 0 Å². The van der Waals surface area contributed by atoms with Crippen molar-refractivity contribution in [2.24, 2.45) is 0 Å². The van der Waals surface area contributed by atoms with Crippen LogP contribution in [0.1, 0.15) is 27.0 Å². The topological polar surface area (TPSA) is 61.4 Å². The molecule has 36 heavy (non-hydrogen) atoms. The number of alkyl halides is 3. The van der Waals surface area contributed by atoms with E-state index in [9.17, 15) is 18.0 Å². The van der Waals surface area contributed by atoms with Crippen molar-refractivity contribution in [3.05, 3.63) is 101 Å². The fraction of sp³-hybridized carbons (Fsp3) is 0.148. The summed E-state index contributed by atoms with van der Waals surface area (Å²) in [5.41, 5.74) is 3.49. The zero-order valence-corrected chi connectivity index (χ0v) is 19.5. The Kier molecular flexibility index (Phi) is 5.83. The molecule has 5 rings (SSSR count). The number of hydrogen-bond acceptors (Lipinski definition) is 5. The van der Waals surface area contributed by atoms with Gasteiger partial charge in [-0.25, -0.2) is 4.98 Å². The van der Waals surface area contributed by atoms with E-state index in [-0.39, 0.29) is 11.9 Å². The number of aromatic nitrogens is 2. The van der Waals surface area contributed by atoms with Crippen LogP contribution in [-0.4, -0.2) is 22.9 Å². The second-order valence-electron chi connectivity index (χ2n) is 8.56. The van der Waals surface area contributed by atoms with Crippen molar-refractivity contribution in [3.8, 4) is 0 Å². The number of aryl methyl sites for hydroxylation is 1. The first-order valence-corrected chi connectivity index (χ1v) is 11.2. The molecule has 0 saturated heterocycles. The summed E-state index contributed by atoms with van der Waals surface area (Å²) in [7, 11) is 1.81. The van der Waals surface area contributed by atoms with Gasteiger partial charge in [-0.2, -0.15) is 18.2 Å². The lowest BCUT2D eigenvalue weighted by atomic mass is 10.1. The number of para-hydroxylation sites is 1. The lowest BCUT2D eigenvalue weighted by molar-refractivity contribution is -0.137. The van der Waals surface area contributed by atoms with E-state index in [4.69, 9.17) is 0 Å². The zero-order valence-electron chi connectivity index (χ0n) is 19.5. The Balaban J connectivity index is 1.54. The van der Waals surface area contributed by atoms with Crippen LogP contribution in [-0.2, 0) is 12.7 Å². The highest BCUT2D eigenvalue weighted by Crippen LogP contribution is 2.39. The Labute approximate surface area is 206 Å². The number of nitrogens with one attached hydrogen (secondary N) is 1. The van der Waals surface area contributed by atoms with Crippen molar-refractivity contribution in [3.63, 3.8) is 0 Å². The first-order valence-electron chi connectivity index (χ1n) is 11.2. The molecule has 0 fully saturated rings. The Morgan fingerprint density at radius 3 is 2.31 bits per heavy atom. The van der Waals surface area contributed by atoms with Crippen molar-refractivity contribution >= 4 is 34.7 Å². The fourth-order valence-corrected chi connectivity index (χ4v) is 4.08. The van der Waals surface area contributed by atoms with Crippen LogP contribution in [0.25, 0.3) is 0 Å². The molecule has 182 valence electrons. The Bertz CT molecular complexity index is 1420. The van der Waals surface area contributed by atoms with E-state index in [2.05, 4.69) is 15.3 Å². The molecule has 2 heterocycles. The minimum Gasteiger partial charge on any atom is -0.327 e. The largest absolute Gasteiger partial charge is 0.416 e. The number of amides is 1. The highest BCUT2D eigenvalue weighted by Gasteiger charge is 2.32. The Hall–Kier alpha value is -4.40. The number of carbonyl (C=O) groups excluding carboxylic acids is 1. The molecular formula is C27H22F3N5O. The Morgan fingerprint density at radius 2 is 1.61 bits per heavy atom. The van der Waals surface area contributed by atoms with Crippen LogP contribution in [0.5, 0.6) is 0 Å². The molecule has 0 bridgehead atoms. The van der Waals surface area contributed by atoms with Gasteiger partial charge < -0.3 is 10.2 Å². The highest BCUT2D eigenvalue weighted by molar-refractivity contribution is 6.13. The summed E-state index contributed by atoms with van der Waals surface area (Å²) in [6, 6.07) is 19.9. The minimum absolute atomic E-state index is 0.177. The molecule has 1 aliphatic rings. The summed E-state index contributed by atoms with van der Waals surface area (Å²) in [4.78, 5) is 26.1. The monoisotopic (exact) mass is 489 g/mol. The molecule has 4 aromatic rings. The molecule has 1 amide bonds. The number of benzene rings is 3. The van der Waals surface area contributed by atoms with Crippen molar-refractivity contribution in [2.45, 2.75) is 19.6 Å². The quantitative estimate of drug-likeness (QED) is 0.356. The number of halogens is 3. The molecule has 6 nitrogen and oxygen atoms in total. The molecule has 0 unspecified atom stereocenters. The van der Waals surface area contributed by atoms with Gasteiger partial charge in [-0.3, -0.25) is 9.69 Å². The van der Waals surface area contributed by atoms with Crippen molar-refractivity contribution in [1.29, 1.82) is 0 Å². The van der Waals surface area contributed by atoms with Crippen molar-refractivity contribution in [1.82, 2.24) is 9.97 Å². The van der Waals surface area contributed by atoms with Gasteiger partial charge in [-0.15, -0.1) is 0 Å². The minimum atomic E-state index is -4.41. The first kappa shape index (κ1) is 23.3. The maximum atomic E-state index is 13.6. The van der Waals surface area contributed by atoms with Crippen LogP contribution in [0.2, 0.25) is 0 Å². The molecule has 1 aromatic heterocycles. The smallest absolute Gasteiger partial charge is 0.327 e. The highest BCUT2D eigenvalue weighted by atomic mass is 19.4. The number of fused-ring (bicyclic) bond motifs is 2. The van der Waals surface area contributed by atoms with E-state index in [0.29, 0.717) is 35.0 Å². The molecule has 1 N–H and O–H groups in total. The number of carbonyl (C=O) groups is 1. The molecule has 1 aliphatic heterocycles. The van der Waals surface area contributed by atoms with E-state index in [1.54, 1.807) is 17.2 Å². The van der Waals surface area contributed by atoms with Gasteiger partial charge in [0.25, 0.3) is 5.91 Å². The van der Waals surface area contributed by atoms with Crippen LogP contribution in [0.3, 0.4) is 0 Å². The summed E-state index contributed by atoms with van der Waals surface area (Å²) in [6.07, 6.45) is -2.86. The van der Waals surface area contributed by atoms with Gasteiger partial charge in [0.2, 0.25) is 5.95 Å². The maximum absolute atomic E-state index is 13.6. The summed E-state index contributed by atoms with van der Waals surface area (Å²) < 4.78 is 38.7. The standard InChI is InChI=1S/C27H22F3N5O/c1-17-7-9-18(10-8-17)16-35-23-15-31-26(32-20-13-11-19(12-14-20)27(28,29)30)33-24(23)34(2)22-6-4-3-5-21(22)25(35)36/h3-15H,16H2,1-2H3,(H,31,32,33). The van der Waals surface area contributed by atoms with Gasteiger partial charge >= 0.3 is 6.18 Å². The average Bonchev–Trinajstić information content (AvgIpc) is 2.95. The van der Waals surface area contributed by atoms with E-state index in [1.165, 1.54) is 12.1 Å². The summed E-state index contributed by atoms with van der Waals surface area (Å²) >= 11 is 0. The van der Waals surface area contributed by atoms with Crippen LogP contribution < -0.4 is 15.1 Å². The van der Waals surface area contributed by atoms with Gasteiger partial charge in [0, 0.05) is 12.7 Å². The predicted molar refractivity (Wildman–Crippen MR) is 133 cm³/mol. The molecule has 0 radical (unpaired) electrons. The van der Waals surface area contributed by atoms with Gasteiger partial charge in [0.05, 0.1) is 29.6 Å². The second-order valence-corrected chi connectivity index (χ2v) is 8.56. The number of hydrogen-bond donors (Lipinski definition) is 1. The molecule has 9 heteroatoms. The number of rotatable bonds is 4. The zero-order chi connectivity index (χ0) is 25.4. The molecule has 0 saturated carbocycles. The van der Waals surface area contributed by atoms with E-state index < -0.39 is 11.7 Å². The third-order valence-corrected chi connectivity index (χ3v) is 6.03. The van der Waals surface area contributed by atoms with Crippen LogP contribution in [0.15, 0.2) is 79.0 Å². The molecule has 0 atom stereocenters. The SMILES string of the molecule is Cc1ccc(CN2C(=O)c3ccccc3N(C)c3nc(Nc4ccc(C(F)(F)F)cc4)ncc32)cc1. The third kappa shape index (κ3) is 4.47. The number of anilines is 5. The van der Waals surface area contributed by atoms with Crippen molar-refractivity contribution < 1.29 is 18.0 Å². The average molecular weight is 490 g/mol. The summed E-state index contributed by atoms with van der Waals surface area (Å²) in [5, 5.41) is 2.96. The van der Waals surface area contributed by atoms with Gasteiger partial charge in [0.15, 0.2) is 5.82 Å². The van der Waals surface area contributed by atoms with Gasteiger partial charge in [-0.1, -0.05) is 42.0 Å². The lowest BCUT2D eigenvalue weighted by Crippen LogP contribution is -2.30. The second kappa shape index (κ2) is 8.99. The number of nitrogens with zero attached hydrogens (tertiary/aromatic N) is 4. The van der Waals surface area contributed by atoms with E-state index in [1.807, 2.05) is 61.3 Å². The fourth-order valence-electron chi connectivity index (χ4n) is 4.08. The van der Waals surface area contributed by atoms with Gasteiger partial charge in [-0.05, 0) is 48.9 Å². The molecule has 0 aliphatic carbocycles. The molecule has 0 spiro atoms. The van der Waals surface area contributed by atoms with Crippen LogP contribution >= 0.6 is 0 Å². The maximum Gasteiger partial charge on any atom is 0.416 e. The molecule has 3 aromatic carbocycles. The van der Waals surface area contributed by atoms with Crippen LogP contribution in [0, 0.1) is 6.92 Å². The van der Waals surface area contributed by atoms with Gasteiger partial charge in [0.1, 0.15) is 5.69 Å².